The molecular weight excluding hydrogens is 312 g/mol. The molecule has 2 rings (SSSR count). The fourth-order valence-electron chi connectivity index (χ4n) is 1.74. The third kappa shape index (κ3) is 2.40. The van der Waals surface area contributed by atoms with Crippen LogP contribution in [0.2, 0.25) is 0 Å². The van der Waals surface area contributed by atoms with Crippen LogP contribution in [-0.2, 0) is 4.74 Å². The zero-order valence-electron chi connectivity index (χ0n) is 9.38. The first-order chi connectivity index (χ1) is 8.44. The van der Waals surface area contributed by atoms with Crippen LogP contribution in [0.15, 0.2) is 22.7 Å². The molecule has 1 aromatic rings. The smallest absolute Gasteiger partial charge is 0.408 e. The molecule has 1 atom stereocenters. The van der Waals surface area contributed by atoms with Crippen molar-refractivity contribution in [3.05, 3.63) is 28.2 Å². The van der Waals surface area contributed by atoms with Crippen LogP contribution >= 0.6 is 15.9 Å². The number of carbonyl (C=O) groups is 1. The van der Waals surface area contributed by atoms with Crippen LogP contribution in [0.25, 0.3) is 0 Å². The molecule has 1 amide bonds. The molecular formula is C11H10BrF2NO3. The van der Waals surface area contributed by atoms with E-state index in [2.05, 4.69) is 26.0 Å². The van der Waals surface area contributed by atoms with Gasteiger partial charge in [0.25, 0.3) is 0 Å². The lowest BCUT2D eigenvalue weighted by Crippen LogP contribution is -2.49. The van der Waals surface area contributed by atoms with E-state index in [1.54, 1.807) is 12.1 Å². The Balaban J connectivity index is 2.42. The van der Waals surface area contributed by atoms with Crippen molar-refractivity contribution >= 4 is 22.0 Å². The average Bonchev–Trinajstić information content (AvgIpc) is 2.32. The van der Waals surface area contributed by atoms with E-state index in [4.69, 9.17) is 4.74 Å². The van der Waals surface area contributed by atoms with Gasteiger partial charge in [0.05, 0.1) is 7.11 Å². The summed E-state index contributed by atoms with van der Waals surface area (Å²) in [6.45, 7) is -0.942. The predicted molar refractivity (Wildman–Crippen MR) is 62.9 cm³/mol. The number of ether oxygens (including phenoxy) is 2. The maximum atomic E-state index is 13.7. The lowest BCUT2D eigenvalue weighted by Gasteiger charge is -2.32. The fourth-order valence-corrected chi connectivity index (χ4v) is 2.08. The van der Waals surface area contributed by atoms with Crippen LogP contribution in [-0.4, -0.2) is 25.7 Å². The molecule has 7 heteroatoms. The molecule has 1 aliphatic rings. The number of nitrogens with one attached hydrogen (secondary N) is 1. The summed E-state index contributed by atoms with van der Waals surface area (Å²) in [5.74, 6) is -2.91. The second-order valence-corrected chi connectivity index (χ2v) is 4.72. The van der Waals surface area contributed by atoms with E-state index in [0.29, 0.717) is 4.47 Å². The summed E-state index contributed by atoms with van der Waals surface area (Å²) in [5.41, 5.74) is 0.211. The second kappa shape index (κ2) is 4.72. The molecule has 1 heterocycles. The Morgan fingerprint density at radius 3 is 2.94 bits per heavy atom. The van der Waals surface area contributed by atoms with Gasteiger partial charge in [0, 0.05) is 10.0 Å². The third-order valence-electron chi connectivity index (χ3n) is 2.59. The van der Waals surface area contributed by atoms with Crippen LogP contribution in [0.1, 0.15) is 11.6 Å². The van der Waals surface area contributed by atoms with E-state index in [0.717, 1.165) is 0 Å². The summed E-state index contributed by atoms with van der Waals surface area (Å²) in [4.78, 5) is 11.1. The van der Waals surface area contributed by atoms with E-state index in [9.17, 15) is 13.6 Å². The Bertz CT molecular complexity index is 481. The van der Waals surface area contributed by atoms with Crippen molar-refractivity contribution in [3.8, 4) is 5.75 Å². The summed E-state index contributed by atoms with van der Waals surface area (Å²) in [7, 11) is 1.38. The lowest BCUT2D eigenvalue weighted by atomic mass is 9.99. The van der Waals surface area contributed by atoms with Crippen molar-refractivity contribution in [3.63, 3.8) is 0 Å². The number of carbonyl (C=O) groups excluding carboxylic acids is 1. The number of hydrogen-bond acceptors (Lipinski definition) is 3. The molecule has 0 bridgehead atoms. The van der Waals surface area contributed by atoms with Crippen LogP contribution in [0.4, 0.5) is 13.6 Å². The highest BCUT2D eigenvalue weighted by Crippen LogP contribution is 2.39. The summed E-state index contributed by atoms with van der Waals surface area (Å²) < 4.78 is 37.5. The van der Waals surface area contributed by atoms with Crippen molar-refractivity contribution in [1.82, 2.24) is 5.32 Å². The molecule has 0 unspecified atom stereocenters. The Hall–Kier alpha value is -1.37. The van der Waals surface area contributed by atoms with Crippen molar-refractivity contribution in [2.24, 2.45) is 0 Å². The summed E-state index contributed by atoms with van der Waals surface area (Å²) >= 11 is 3.22. The predicted octanol–water partition coefficient (Wildman–Crippen LogP) is 2.87. The zero-order valence-corrected chi connectivity index (χ0v) is 11.0. The number of rotatable bonds is 2. The summed E-state index contributed by atoms with van der Waals surface area (Å²) in [6, 6.07) is 3.19. The molecule has 1 N–H and O–H groups in total. The molecule has 1 aromatic carbocycles. The van der Waals surface area contributed by atoms with Gasteiger partial charge >= 0.3 is 12.0 Å². The van der Waals surface area contributed by atoms with Gasteiger partial charge < -0.3 is 14.8 Å². The molecule has 1 fully saturated rings. The van der Waals surface area contributed by atoms with Gasteiger partial charge in [-0.15, -0.1) is 0 Å². The zero-order chi connectivity index (χ0) is 13.3. The largest absolute Gasteiger partial charge is 0.496 e. The monoisotopic (exact) mass is 321 g/mol. The van der Waals surface area contributed by atoms with Gasteiger partial charge in [0.2, 0.25) is 0 Å². The standard InChI is InChI=1S/C11H10BrF2NO3/c1-17-8-4-6(12)2-3-7(8)9-11(13,14)5-18-10(16)15-9/h2-4,9H,5H2,1H3,(H,15,16)/t9-/m1/s1. The van der Waals surface area contributed by atoms with Crippen molar-refractivity contribution < 1.29 is 23.0 Å². The van der Waals surface area contributed by atoms with Crippen LogP contribution in [0.3, 0.4) is 0 Å². The van der Waals surface area contributed by atoms with Crippen molar-refractivity contribution in [2.45, 2.75) is 12.0 Å². The molecule has 0 aromatic heterocycles. The van der Waals surface area contributed by atoms with E-state index in [1.807, 2.05) is 0 Å². The Kier molecular flexibility index (Phi) is 3.43. The van der Waals surface area contributed by atoms with Gasteiger partial charge in [-0.25, -0.2) is 13.6 Å². The summed E-state index contributed by atoms with van der Waals surface area (Å²) in [5, 5.41) is 2.11. The molecule has 0 spiro atoms. The Labute approximate surface area is 110 Å². The topological polar surface area (TPSA) is 47.6 Å². The first-order valence-corrected chi connectivity index (χ1v) is 5.88. The maximum absolute atomic E-state index is 13.7. The number of amides is 1. The Morgan fingerprint density at radius 2 is 2.28 bits per heavy atom. The maximum Gasteiger partial charge on any atom is 0.408 e. The molecule has 0 aliphatic carbocycles. The average molecular weight is 322 g/mol. The van der Waals surface area contributed by atoms with E-state index in [-0.39, 0.29) is 11.3 Å². The highest BCUT2D eigenvalue weighted by molar-refractivity contribution is 9.10. The highest BCUT2D eigenvalue weighted by Gasteiger charge is 2.47. The van der Waals surface area contributed by atoms with Gasteiger partial charge in [-0.1, -0.05) is 22.0 Å². The molecule has 1 saturated heterocycles. The number of alkyl carbamates (subject to hydrolysis) is 1. The SMILES string of the molecule is COc1cc(Br)ccc1[C@H]1NC(=O)OCC1(F)F. The number of benzene rings is 1. The van der Waals surface area contributed by atoms with Gasteiger partial charge in [0.1, 0.15) is 11.8 Å². The minimum atomic E-state index is -3.19. The van der Waals surface area contributed by atoms with Gasteiger partial charge in [-0.05, 0) is 12.1 Å². The first-order valence-electron chi connectivity index (χ1n) is 5.08. The number of methoxy groups -OCH3 is 1. The quantitative estimate of drug-likeness (QED) is 0.911. The molecule has 0 radical (unpaired) electrons. The molecule has 1 aliphatic heterocycles. The molecule has 4 nitrogen and oxygen atoms in total. The van der Waals surface area contributed by atoms with Crippen LogP contribution < -0.4 is 10.1 Å². The second-order valence-electron chi connectivity index (χ2n) is 3.80. The van der Waals surface area contributed by atoms with Gasteiger partial charge in [-0.3, -0.25) is 0 Å². The van der Waals surface area contributed by atoms with E-state index in [1.165, 1.54) is 13.2 Å². The molecule has 0 saturated carbocycles. The molecule has 98 valence electrons. The van der Waals surface area contributed by atoms with Crippen molar-refractivity contribution in [2.75, 3.05) is 13.7 Å². The number of cyclic esters (lactones) is 1. The fraction of sp³-hybridized carbons (Fsp3) is 0.364. The minimum absolute atomic E-state index is 0.211. The van der Waals surface area contributed by atoms with Gasteiger partial charge in [0.15, 0.2) is 6.61 Å². The van der Waals surface area contributed by atoms with Gasteiger partial charge in [-0.2, -0.15) is 0 Å². The van der Waals surface area contributed by atoms with Crippen LogP contribution in [0.5, 0.6) is 5.75 Å². The first kappa shape index (κ1) is 13.1. The highest BCUT2D eigenvalue weighted by atomic mass is 79.9. The summed E-state index contributed by atoms with van der Waals surface area (Å²) in [6.07, 6.45) is -0.865. The minimum Gasteiger partial charge on any atom is -0.496 e. The number of hydrogen-bond donors (Lipinski definition) is 1. The molecule has 18 heavy (non-hydrogen) atoms. The Morgan fingerprint density at radius 1 is 1.56 bits per heavy atom. The number of halogens is 3. The van der Waals surface area contributed by atoms with E-state index >= 15 is 0 Å². The number of alkyl halides is 2. The lowest BCUT2D eigenvalue weighted by molar-refractivity contribution is -0.104. The van der Waals surface area contributed by atoms with Crippen LogP contribution in [0, 0.1) is 0 Å². The normalized spacial score (nSPS) is 22.0. The van der Waals surface area contributed by atoms with E-state index < -0.39 is 24.7 Å². The third-order valence-corrected chi connectivity index (χ3v) is 3.08. The van der Waals surface area contributed by atoms with Crippen molar-refractivity contribution in [1.29, 1.82) is 0 Å².